The fraction of sp³-hybridized carbons (Fsp3) is 0.556. The fourth-order valence-electron chi connectivity index (χ4n) is 2.96. The predicted molar refractivity (Wildman–Crippen MR) is 86.5 cm³/mol. The number of benzene rings is 1. The Balaban J connectivity index is 1.64. The maximum atomic E-state index is 12.3. The molecule has 4 nitrogen and oxygen atoms in total. The van der Waals surface area contributed by atoms with E-state index in [-0.39, 0.29) is 17.7 Å². The molecule has 0 bridgehead atoms. The van der Waals surface area contributed by atoms with Crippen molar-refractivity contribution in [1.29, 1.82) is 0 Å². The highest BCUT2D eigenvalue weighted by Gasteiger charge is 2.29. The van der Waals surface area contributed by atoms with E-state index in [1.54, 1.807) is 0 Å². The van der Waals surface area contributed by atoms with Crippen molar-refractivity contribution in [2.75, 3.05) is 11.4 Å². The van der Waals surface area contributed by atoms with Crippen LogP contribution >= 0.6 is 0 Å². The summed E-state index contributed by atoms with van der Waals surface area (Å²) in [7, 11) is 0. The van der Waals surface area contributed by atoms with Crippen molar-refractivity contribution in [3.63, 3.8) is 0 Å². The molecule has 1 saturated carbocycles. The van der Waals surface area contributed by atoms with Gasteiger partial charge < -0.3 is 10.2 Å². The van der Waals surface area contributed by atoms with Crippen LogP contribution in [0.25, 0.3) is 0 Å². The van der Waals surface area contributed by atoms with Crippen LogP contribution in [0.4, 0.5) is 5.69 Å². The molecule has 1 N–H and O–H groups in total. The first kappa shape index (κ1) is 15.1. The molecule has 0 saturated heterocycles. The van der Waals surface area contributed by atoms with Crippen molar-refractivity contribution in [3.8, 4) is 0 Å². The number of nitrogens with zero attached hydrogens (tertiary/aromatic N) is 1. The van der Waals surface area contributed by atoms with E-state index in [1.165, 1.54) is 5.56 Å². The summed E-state index contributed by atoms with van der Waals surface area (Å²) in [6.45, 7) is 5.50. The van der Waals surface area contributed by atoms with Crippen LogP contribution in [0, 0.1) is 11.8 Å². The molecule has 0 atom stereocenters. The topological polar surface area (TPSA) is 49.4 Å². The van der Waals surface area contributed by atoms with Crippen LogP contribution < -0.4 is 10.2 Å². The van der Waals surface area contributed by atoms with Crippen molar-refractivity contribution in [2.45, 2.75) is 46.1 Å². The number of carbonyl (C=O) groups is 2. The summed E-state index contributed by atoms with van der Waals surface area (Å²) in [5.41, 5.74) is 3.38. The third-order valence-electron chi connectivity index (χ3n) is 4.34. The van der Waals surface area contributed by atoms with E-state index in [0.717, 1.165) is 37.1 Å². The molecule has 3 rings (SSSR count). The molecule has 1 aliphatic carbocycles. The number of hydrogen-bond acceptors (Lipinski definition) is 2. The number of nitrogens with one attached hydrogen (secondary N) is 1. The second-order valence-corrected chi connectivity index (χ2v) is 6.85. The van der Waals surface area contributed by atoms with E-state index >= 15 is 0 Å². The van der Waals surface area contributed by atoms with Gasteiger partial charge >= 0.3 is 0 Å². The first-order valence-corrected chi connectivity index (χ1v) is 8.24. The van der Waals surface area contributed by atoms with Crippen LogP contribution in [0.2, 0.25) is 0 Å². The minimum Gasteiger partial charge on any atom is -0.352 e. The summed E-state index contributed by atoms with van der Waals surface area (Å²) in [6.07, 6.45) is 3.56. The van der Waals surface area contributed by atoms with Gasteiger partial charge in [-0.15, -0.1) is 0 Å². The van der Waals surface area contributed by atoms with Crippen molar-refractivity contribution in [2.24, 2.45) is 11.8 Å². The Morgan fingerprint density at radius 2 is 2.09 bits per heavy atom. The van der Waals surface area contributed by atoms with Gasteiger partial charge in [-0.3, -0.25) is 9.59 Å². The summed E-state index contributed by atoms with van der Waals surface area (Å²) in [5, 5.41) is 2.99. The number of anilines is 1. The average molecular weight is 300 g/mol. The quantitative estimate of drug-likeness (QED) is 0.909. The van der Waals surface area contributed by atoms with Crippen molar-refractivity contribution >= 4 is 17.5 Å². The zero-order chi connectivity index (χ0) is 15.7. The molecule has 4 heteroatoms. The highest BCUT2D eigenvalue weighted by molar-refractivity contribution is 5.95. The van der Waals surface area contributed by atoms with Crippen molar-refractivity contribution < 1.29 is 9.59 Å². The normalized spacial score (nSPS) is 16.8. The molecule has 0 unspecified atom stereocenters. The molecular weight excluding hydrogens is 276 g/mol. The Hall–Kier alpha value is -1.84. The zero-order valence-electron chi connectivity index (χ0n) is 13.4. The van der Waals surface area contributed by atoms with E-state index in [2.05, 4.69) is 25.2 Å². The van der Waals surface area contributed by atoms with Gasteiger partial charge in [0.05, 0.1) is 0 Å². The van der Waals surface area contributed by atoms with Crippen LogP contribution in [-0.2, 0) is 22.6 Å². The Kier molecular flexibility index (Phi) is 4.19. The molecule has 118 valence electrons. The highest BCUT2D eigenvalue weighted by atomic mass is 16.2. The number of rotatable bonds is 5. The zero-order valence-corrected chi connectivity index (χ0v) is 13.4. The molecular formula is C18H24N2O2. The lowest BCUT2D eigenvalue weighted by molar-refractivity contribution is -0.122. The van der Waals surface area contributed by atoms with Crippen molar-refractivity contribution in [1.82, 2.24) is 5.32 Å². The fourth-order valence-corrected chi connectivity index (χ4v) is 2.96. The van der Waals surface area contributed by atoms with E-state index < -0.39 is 0 Å². The second-order valence-electron chi connectivity index (χ2n) is 6.85. The van der Waals surface area contributed by atoms with Gasteiger partial charge in [-0.1, -0.05) is 26.0 Å². The Bertz CT molecular complexity index is 591. The summed E-state index contributed by atoms with van der Waals surface area (Å²) in [5.74, 6) is 1.02. The lowest BCUT2D eigenvalue weighted by Crippen LogP contribution is -2.29. The van der Waals surface area contributed by atoms with Gasteiger partial charge in [0.15, 0.2) is 0 Å². The smallest absolute Gasteiger partial charge is 0.227 e. The first-order chi connectivity index (χ1) is 10.5. The minimum absolute atomic E-state index is 0.175. The van der Waals surface area contributed by atoms with Gasteiger partial charge in [0.2, 0.25) is 11.8 Å². The average Bonchev–Trinajstić information content (AvgIpc) is 3.23. The molecule has 1 heterocycles. The molecule has 0 radical (unpaired) electrons. The van der Waals surface area contributed by atoms with Crippen LogP contribution in [0.1, 0.15) is 44.2 Å². The molecule has 2 amide bonds. The van der Waals surface area contributed by atoms with Crippen LogP contribution in [0.15, 0.2) is 18.2 Å². The third kappa shape index (κ3) is 3.32. The van der Waals surface area contributed by atoms with Crippen LogP contribution in [-0.4, -0.2) is 18.4 Å². The Labute approximate surface area is 131 Å². The van der Waals surface area contributed by atoms with E-state index in [0.29, 0.717) is 18.9 Å². The largest absolute Gasteiger partial charge is 0.352 e. The van der Waals surface area contributed by atoms with Gasteiger partial charge in [0.1, 0.15) is 0 Å². The first-order valence-electron chi connectivity index (χ1n) is 8.24. The van der Waals surface area contributed by atoms with Gasteiger partial charge in [0, 0.05) is 31.1 Å². The van der Waals surface area contributed by atoms with Gasteiger partial charge in [-0.2, -0.15) is 0 Å². The summed E-state index contributed by atoms with van der Waals surface area (Å²) in [6, 6.07) is 6.18. The van der Waals surface area contributed by atoms with Crippen molar-refractivity contribution in [3.05, 3.63) is 29.3 Å². The number of carbonyl (C=O) groups excluding carboxylic acids is 2. The molecule has 1 aromatic carbocycles. The Morgan fingerprint density at radius 3 is 2.77 bits per heavy atom. The van der Waals surface area contributed by atoms with Crippen LogP contribution in [0.3, 0.4) is 0 Å². The predicted octanol–water partition coefficient (Wildman–Crippen LogP) is 2.65. The third-order valence-corrected chi connectivity index (χ3v) is 4.34. The minimum atomic E-state index is 0.175. The lowest BCUT2D eigenvalue weighted by atomic mass is 10.1. The number of fused-ring (bicyclic) bond motifs is 1. The van der Waals surface area contributed by atoms with Gasteiger partial charge in [-0.25, -0.2) is 0 Å². The maximum absolute atomic E-state index is 12.3. The summed E-state index contributed by atoms with van der Waals surface area (Å²) in [4.78, 5) is 25.9. The number of hydrogen-bond donors (Lipinski definition) is 1. The van der Waals surface area contributed by atoms with Crippen LogP contribution in [0.5, 0.6) is 0 Å². The standard InChI is InChI=1S/C18H24N2O2/c1-12(2)9-17(21)20-8-7-15-10-13(3-6-16(15)20)11-19-18(22)14-4-5-14/h3,6,10,12,14H,4-5,7-9,11H2,1-2H3,(H,19,22). The SMILES string of the molecule is CC(C)CC(=O)N1CCc2cc(CNC(=O)C3CC3)ccc21. The monoisotopic (exact) mass is 300 g/mol. The molecule has 2 aliphatic rings. The maximum Gasteiger partial charge on any atom is 0.227 e. The molecule has 1 fully saturated rings. The second kappa shape index (κ2) is 6.11. The molecule has 0 aromatic heterocycles. The van der Waals surface area contributed by atoms with Gasteiger partial charge in [-0.05, 0) is 42.4 Å². The van der Waals surface area contributed by atoms with E-state index in [4.69, 9.17) is 0 Å². The van der Waals surface area contributed by atoms with E-state index in [1.807, 2.05) is 17.0 Å². The Morgan fingerprint density at radius 1 is 1.32 bits per heavy atom. The molecule has 0 spiro atoms. The summed E-state index contributed by atoms with van der Waals surface area (Å²) >= 11 is 0. The summed E-state index contributed by atoms with van der Waals surface area (Å²) < 4.78 is 0. The molecule has 22 heavy (non-hydrogen) atoms. The molecule has 1 aliphatic heterocycles. The highest BCUT2D eigenvalue weighted by Crippen LogP contribution is 2.31. The lowest BCUT2D eigenvalue weighted by Gasteiger charge is -2.18. The van der Waals surface area contributed by atoms with Gasteiger partial charge in [0.25, 0.3) is 0 Å². The molecule has 1 aromatic rings. The van der Waals surface area contributed by atoms with E-state index in [9.17, 15) is 9.59 Å². The number of amides is 2.